The number of aromatic amines is 1. The highest BCUT2D eigenvalue weighted by Gasteiger charge is 2.20. The van der Waals surface area contributed by atoms with Crippen LogP contribution in [0.2, 0.25) is 0 Å². The Morgan fingerprint density at radius 2 is 1.91 bits per heavy atom. The summed E-state index contributed by atoms with van der Waals surface area (Å²) in [6.07, 6.45) is 0. The molecule has 3 rings (SSSR count). The summed E-state index contributed by atoms with van der Waals surface area (Å²) in [5, 5.41) is 9.55. The van der Waals surface area contributed by atoms with Gasteiger partial charge in [0, 0.05) is 11.1 Å². The molecule has 2 aromatic heterocycles. The van der Waals surface area contributed by atoms with Gasteiger partial charge in [-0.3, -0.25) is 13.7 Å². The molecule has 0 amide bonds. The number of aliphatic hydroxyl groups is 1. The molecule has 8 nitrogen and oxygen atoms in total. The lowest BCUT2D eigenvalue weighted by molar-refractivity contribution is 0.283. The zero-order valence-electron chi connectivity index (χ0n) is 12.4. The van der Waals surface area contributed by atoms with Crippen LogP contribution in [0.4, 0.5) is 5.69 Å². The first-order valence-corrected chi connectivity index (χ1v) is 8.15. The van der Waals surface area contributed by atoms with Gasteiger partial charge in [-0.1, -0.05) is 0 Å². The molecule has 0 saturated heterocycles. The largest absolute Gasteiger partial charge is 0.396 e. The Kier molecular flexibility index (Phi) is 3.25. The van der Waals surface area contributed by atoms with Gasteiger partial charge in [-0.25, -0.2) is 0 Å². The molecule has 0 aliphatic carbocycles. The zero-order chi connectivity index (χ0) is 17.1. The van der Waals surface area contributed by atoms with Crippen LogP contribution in [-0.2, 0) is 16.7 Å². The van der Waals surface area contributed by atoms with Crippen LogP contribution in [0.5, 0.6) is 0 Å². The Morgan fingerprint density at radius 1 is 1.26 bits per heavy atom. The maximum atomic E-state index is 12.6. The Labute approximate surface area is 130 Å². The summed E-state index contributed by atoms with van der Waals surface area (Å²) < 4.78 is 33.3. The maximum Gasteiger partial charge on any atom is 0.294 e. The van der Waals surface area contributed by atoms with E-state index in [1.54, 1.807) is 13.8 Å². The van der Waals surface area contributed by atoms with E-state index in [4.69, 9.17) is 5.73 Å². The lowest BCUT2D eigenvalue weighted by atomic mass is 10.1. The van der Waals surface area contributed by atoms with Gasteiger partial charge in [-0.15, -0.1) is 0 Å². The number of fused-ring (bicyclic) bond motifs is 3. The van der Waals surface area contributed by atoms with Gasteiger partial charge in [0.25, 0.3) is 15.7 Å². The molecule has 1 aromatic carbocycles. The number of hydrogen-bond acceptors (Lipinski definition) is 5. The molecule has 3 aromatic rings. The first-order valence-electron chi connectivity index (χ1n) is 6.71. The number of hydrogen-bond donors (Lipinski definition) is 4. The van der Waals surface area contributed by atoms with Crippen molar-refractivity contribution in [2.24, 2.45) is 0 Å². The van der Waals surface area contributed by atoms with Gasteiger partial charge < -0.3 is 15.8 Å². The molecule has 9 heteroatoms. The van der Waals surface area contributed by atoms with Crippen molar-refractivity contribution in [1.29, 1.82) is 0 Å². The summed E-state index contributed by atoms with van der Waals surface area (Å²) in [5.74, 6) is 0. The standard InChI is InChI=1S/C14H15N3O5S/c1-6-7(2)14(19)17-12-8(5-18)3-9(23(20,21)22)4-10(12)16-13(17)11(6)15/h3-4,16,18H,5,15H2,1-2H3,(H,20,21,22). The second-order valence-corrected chi connectivity index (χ2v) is 6.81. The van der Waals surface area contributed by atoms with Crippen LogP contribution in [0, 0.1) is 13.8 Å². The van der Waals surface area contributed by atoms with Gasteiger partial charge in [0.2, 0.25) is 0 Å². The number of aromatic nitrogens is 2. The van der Waals surface area contributed by atoms with Gasteiger partial charge >= 0.3 is 0 Å². The second-order valence-electron chi connectivity index (χ2n) is 5.39. The number of pyridine rings is 1. The highest BCUT2D eigenvalue weighted by Crippen LogP contribution is 2.28. The third kappa shape index (κ3) is 2.12. The van der Waals surface area contributed by atoms with E-state index in [-0.39, 0.29) is 21.5 Å². The lowest BCUT2D eigenvalue weighted by Crippen LogP contribution is -2.19. The first-order chi connectivity index (χ1) is 10.7. The molecule has 0 fully saturated rings. The molecule has 5 N–H and O–H groups in total. The van der Waals surface area contributed by atoms with Crippen LogP contribution in [0.15, 0.2) is 21.8 Å². The molecule has 0 radical (unpaired) electrons. The molecule has 0 aliphatic rings. The second kappa shape index (κ2) is 4.82. The van der Waals surface area contributed by atoms with Gasteiger partial charge in [0.1, 0.15) is 5.65 Å². The third-order valence-corrected chi connectivity index (χ3v) is 4.91. The Balaban J connectivity index is 2.64. The molecule has 0 unspecified atom stereocenters. The number of nitrogens with two attached hydrogens (primary N) is 1. The maximum absolute atomic E-state index is 12.6. The van der Waals surface area contributed by atoms with Crippen LogP contribution in [0.25, 0.3) is 16.7 Å². The fourth-order valence-corrected chi connectivity index (χ4v) is 3.25. The van der Waals surface area contributed by atoms with Crippen molar-refractivity contribution in [3.63, 3.8) is 0 Å². The van der Waals surface area contributed by atoms with E-state index in [0.29, 0.717) is 28.0 Å². The molecule has 23 heavy (non-hydrogen) atoms. The SMILES string of the molecule is Cc1c(C)c(=O)n2c([nH]c3cc(S(=O)(=O)O)cc(CO)c32)c1N. The Morgan fingerprint density at radius 3 is 2.48 bits per heavy atom. The van der Waals surface area contributed by atoms with Crippen molar-refractivity contribution >= 4 is 32.5 Å². The summed E-state index contributed by atoms with van der Waals surface area (Å²) in [6.45, 7) is 2.85. The van der Waals surface area contributed by atoms with Crippen molar-refractivity contribution in [3.05, 3.63) is 39.2 Å². The van der Waals surface area contributed by atoms with Crippen molar-refractivity contribution in [1.82, 2.24) is 9.38 Å². The number of imidazole rings is 1. The molecule has 2 heterocycles. The molecule has 0 saturated carbocycles. The highest BCUT2D eigenvalue weighted by molar-refractivity contribution is 7.85. The predicted octanol–water partition coefficient (Wildman–Crippen LogP) is 0.719. The van der Waals surface area contributed by atoms with Crippen molar-refractivity contribution in [2.45, 2.75) is 25.3 Å². The summed E-state index contributed by atoms with van der Waals surface area (Å²) in [5.41, 5.74) is 8.28. The molecule has 0 bridgehead atoms. The average Bonchev–Trinajstić information content (AvgIpc) is 2.88. The van der Waals surface area contributed by atoms with Crippen LogP contribution >= 0.6 is 0 Å². The van der Waals surface area contributed by atoms with Crippen LogP contribution < -0.4 is 11.3 Å². The van der Waals surface area contributed by atoms with E-state index in [9.17, 15) is 22.9 Å². The molecule has 0 atom stereocenters. The Hall–Kier alpha value is -2.36. The number of aliphatic hydroxyl groups excluding tert-OH is 1. The average molecular weight is 337 g/mol. The summed E-state index contributed by atoms with van der Waals surface area (Å²) in [6, 6.07) is 2.32. The number of nitrogens with one attached hydrogen (secondary N) is 1. The van der Waals surface area contributed by atoms with Gasteiger partial charge in [0.15, 0.2) is 0 Å². The zero-order valence-corrected chi connectivity index (χ0v) is 13.2. The number of benzene rings is 1. The monoisotopic (exact) mass is 337 g/mol. The third-order valence-electron chi connectivity index (χ3n) is 4.08. The van der Waals surface area contributed by atoms with Crippen LogP contribution in [-0.4, -0.2) is 27.5 Å². The molecule has 0 aliphatic heterocycles. The molecule has 122 valence electrons. The van der Waals surface area contributed by atoms with E-state index in [1.807, 2.05) is 0 Å². The van der Waals surface area contributed by atoms with Crippen molar-refractivity contribution in [3.8, 4) is 0 Å². The van der Waals surface area contributed by atoms with Crippen LogP contribution in [0.1, 0.15) is 16.7 Å². The summed E-state index contributed by atoms with van der Waals surface area (Å²) in [7, 11) is -4.45. The minimum atomic E-state index is -4.45. The highest BCUT2D eigenvalue weighted by atomic mass is 32.2. The van der Waals surface area contributed by atoms with E-state index in [2.05, 4.69) is 4.98 Å². The minimum Gasteiger partial charge on any atom is -0.396 e. The quantitative estimate of drug-likeness (QED) is 0.508. The Bertz CT molecular complexity index is 1130. The number of rotatable bonds is 2. The van der Waals surface area contributed by atoms with Gasteiger partial charge in [-0.05, 0) is 31.5 Å². The van der Waals surface area contributed by atoms with E-state index < -0.39 is 16.7 Å². The molecular formula is C14H15N3O5S. The normalized spacial score (nSPS) is 12.3. The van der Waals surface area contributed by atoms with Crippen LogP contribution in [0.3, 0.4) is 0 Å². The molecule has 0 spiro atoms. The van der Waals surface area contributed by atoms with Gasteiger partial charge in [-0.2, -0.15) is 8.42 Å². The van der Waals surface area contributed by atoms with E-state index in [1.165, 1.54) is 10.5 Å². The minimum absolute atomic E-state index is 0.186. The number of nitrogen functional groups attached to an aromatic ring is 1. The number of H-pyrrole nitrogens is 1. The van der Waals surface area contributed by atoms with Gasteiger partial charge in [0.05, 0.1) is 28.2 Å². The fourth-order valence-electron chi connectivity index (χ4n) is 2.69. The molecular weight excluding hydrogens is 322 g/mol. The fraction of sp³-hybridized carbons (Fsp3) is 0.214. The smallest absolute Gasteiger partial charge is 0.294 e. The number of anilines is 1. The first kappa shape index (κ1) is 15.5. The van der Waals surface area contributed by atoms with E-state index >= 15 is 0 Å². The topological polar surface area (TPSA) is 138 Å². The van der Waals surface area contributed by atoms with E-state index in [0.717, 1.165) is 6.07 Å². The number of nitrogens with zero attached hydrogens (tertiary/aromatic N) is 1. The summed E-state index contributed by atoms with van der Waals surface area (Å²) in [4.78, 5) is 15.1. The van der Waals surface area contributed by atoms with Crippen molar-refractivity contribution in [2.75, 3.05) is 5.73 Å². The summed E-state index contributed by atoms with van der Waals surface area (Å²) >= 11 is 0. The van der Waals surface area contributed by atoms with Crippen molar-refractivity contribution < 1.29 is 18.1 Å². The predicted molar refractivity (Wildman–Crippen MR) is 85.1 cm³/mol. The lowest BCUT2D eigenvalue weighted by Gasteiger charge is -2.08.